The summed E-state index contributed by atoms with van der Waals surface area (Å²) in [7, 11) is 0.479. The van der Waals surface area contributed by atoms with Crippen molar-refractivity contribution in [3.63, 3.8) is 0 Å². The van der Waals surface area contributed by atoms with Gasteiger partial charge in [-0.15, -0.1) is 11.3 Å². The molecule has 5 nitrogen and oxygen atoms in total. The number of nitrogens with one attached hydrogen (secondary N) is 2. The Balaban J connectivity index is 2.13. The van der Waals surface area contributed by atoms with Crippen molar-refractivity contribution in [1.29, 1.82) is 0 Å². The van der Waals surface area contributed by atoms with E-state index in [0.717, 1.165) is 24.4 Å². The third kappa shape index (κ3) is 3.59. The van der Waals surface area contributed by atoms with Crippen molar-refractivity contribution in [2.75, 3.05) is 27.2 Å². The summed E-state index contributed by atoms with van der Waals surface area (Å²) in [6.45, 7) is 4.55. The predicted molar refractivity (Wildman–Crippen MR) is 82.5 cm³/mol. The van der Waals surface area contributed by atoms with E-state index in [1.165, 1.54) is 11.3 Å². The predicted octanol–water partition coefficient (Wildman–Crippen LogP) is 1.09. The number of hydrogen-bond acceptors (Lipinski definition) is 5. The molecule has 1 aliphatic rings. The first-order valence-electron chi connectivity index (χ1n) is 6.86. The van der Waals surface area contributed by atoms with Crippen LogP contribution < -0.4 is 10.0 Å². The summed E-state index contributed by atoms with van der Waals surface area (Å²) in [5.74, 6) is 0.329. The van der Waals surface area contributed by atoms with Crippen LogP contribution in [-0.2, 0) is 16.6 Å². The van der Waals surface area contributed by atoms with E-state index in [1.807, 2.05) is 12.4 Å². The first-order valence-corrected chi connectivity index (χ1v) is 9.22. The highest BCUT2D eigenvalue weighted by Gasteiger charge is 2.29. The second-order valence-corrected chi connectivity index (χ2v) is 8.18. The zero-order valence-electron chi connectivity index (χ0n) is 12.2. The second-order valence-electron chi connectivity index (χ2n) is 5.49. The summed E-state index contributed by atoms with van der Waals surface area (Å²) in [6, 6.07) is 1.72. The number of likely N-dealkylation sites (tertiary alicyclic amines) is 1. The summed E-state index contributed by atoms with van der Waals surface area (Å²) in [4.78, 5) is 3.52. The quantitative estimate of drug-likeness (QED) is 0.853. The van der Waals surface area contributed by atoms with Gasteiger partial charge in [-0.05, 0) is 44.4 Å². The molecule has 20 heavy (non-hydrogen) atoms. The van der Waals surface area contributed by atoms with Crippen LogP contribution in [0.4, 0.5) is 0 Å². The Morgan fingerprint density at radius 2 is 2.25 bits per heavy atom. The fourth-order valence-corrected chi connectivity index (χ4v) is 5.48. The number of nitrogens with zero attached hydrogens (tertiary/aromatic N) is 1. The largest absolute Gasteiger partial charge is 0.315 e. The monoisotopic (exact) mass is 317 g/mol. The maximum atomic E-state index is 12.5. The van der Waals surface area contributed by atoms with Gasteiger partial charge in [0.15, 0.2) is 0 Å². The maximum Gasteiger partial charge on any atom is 0.241 e. The third-order valence-electron chi connectivity index (χ3n) is 3.75. The molecule has 2 unspecified atom stereocenters. The topological polar surface area (TPSA) is 61.4 Å². The SMILES string of the molecule is CNCc1sccc1S(=O)(=O)NC1CCN(C)CC1C. The molecule has 0 aromatic carbocycles. The minimum atomic E-state index is -3.42. The van der Waals surface area contributed by atoms with Crippen molar-refractivity contribution in [1.82, 2.24) is 14.9 Å². The van der Waals surface area contributed by atoms with Gasteiger partial charge in [0.25, 0.3) is 0 Å². The normalized spacial score (nSPS) is 24.9. The molecule has 0 radical (unpaired) electrons. The highest BCUT2D eigenvalue weighted by molar-refractivity contribution is 7.89. The number of piperidine rings is 1. The van der Waals surface area contributed by atoms with Gasteiger partial charge in [0.2, 0.25) is 10.0 Å². The first-order chi connectivity index (χ1) is 9.44. The van der Waals surface area contributed by atoms with Crippen molar-refractivity contribution < 1.29 is 8.42 Å². The highest BCUT2D eigenvalue weighted by atomic mass is 32.2. The van der Waals surface area contributed by atoms with E-state index in [-0.39, 0.29) is 6.04 Å². The third-order valence-corrected chi connectivity index (χ3v) is 6.37. The lowest BCUT2D eigenvalue weighted by molar-refractivity contribution is 0.188. The van der Waals surface area contributed by atoms with Gasteiger partial charge in [0.1, 0.15) is 0 Å². The van der Waals surface area contributed by atoms with Gasteiger partial charge < -0.3 is 10.2 Å². The number of thiophene rings is 1. The summed E-state index contributed by atoms with van der Waals surface area (Å²) < 4.78 is 28.0. The molecular weight excluding hydrogens is 294 g/mol. The van der Waals surface area contributed by atoms with Crippen molar-refractivity contribution in [2.45, 2.75) is 30.8 Å². The van der Waals surface area contributed by atoms with E-state index in [0.29, 0.717) is 17.4 Å². The molecule has 0 saturated carbocycles. The van der Waals surface area contributed by atoms with Gasteiger partial charge in [0.05, 0.1) is 4.90 Å². The van der Waals surface area contributed by atoms with Gasteiger partial charge in [-0.3, -0.25) is 0 Å². The first kappa shape index (κ1) is 15.9. The molecule has 0 bridgehead atoms. The van der Waals surface area contributed by atoms with E-state index in [9.17, 15) is 8.42 Å². The van der Waals surface area contributed by atoms with Crippen LogP contribution in [-0.4, -0.2) is 46.5 Å². The fraction of sp³-hybridized carbons (Fsp3) is 0.692. The molecule has 2 rings (SSSR count). The Morgan fingerprint density at radius 1 is 1.50 bits per heavy atom. The molecule has 2 atom stereocenters. The van der Waals surface area contributed by atoms with Gasteiger partial charge >= 0.3 is 0 Å². The summed E-state index contributed by atoms with van der Waals surface area (Å²) in [6.07, 6.45) is 0.863. The summed E-state index contributed by atoms with van der Waals surface area (Å²) in [5.41, 5.74) is 0. The lowest BCUT2D eigenvalue weighted by atomic mass is 9.95. The minimum absolute atomic E-state index is 0.0264. The Kier molecular flexibility index (Phi) is 5.19. The van der Waals surface area contributed by atoms with Crippen LogP contribution in [0.5, 0.6) is 0 Å². The van der Waals surface area contributed by atoms with Gasteiger partial charge in [-0.1, -0.05) is 6.92 Å². The average Bonchev–Trinajstić information content (AvgIpc) is 2.82. The molecule has 7 heteroatoms. The van der Waals surface area contributed by atoms with E-state index in [2.05, 4.69) is 28.9 Å². The van der Waals surface area contributed by atoms with Crippen LogP contribution in [0.1, 0.15) is 18.2 Å². The molecule has 2 N–H and O–H groups in total. The Labute approximate surface area is 125 Å². The standard InChI is InChI=1S/C13H23N3O2S2/c1-10-9-16(3)6-4-11(10)15-20(17,18)13-5-7-19-12(13)8-14-2/h5,7,10-11,14-15H,4,6,8-9H2,1-3H3. The van der Waals surface area contributed by atoms with Crippen LogP contribution in [0.15, 0.2) is 16.3 Å². The number of hydrogen-bond donors (Lipinski definition) is 2. The summed E-state index contributed by atoms with van der Waals surface area (Å²) >= 11 is 1.47. The molecule has 0 spiro atoms. The molecule has 2 heterocycles. The Morgan fingerprint density at radius 3 is 2.90 bits per heavy atom. The van der Waals surface area contributed by atoms with Crippen LogP contribution in [0.2, 0.25) is 0 Å². The van der Waals surface area contributed by atoms with Crippen molar-refractivity contribution in [2.24, 2.45) is 5.92 Å². The lowest BCUT2D eigenvalue weighted by Crippen LogP contribution is -2.48. The zero-order valence-corrected chi connectivity index (χ0v) is 13.9. The van der Waals surface area contributed by atoms with Crippen molar-refractivity contribution in [3.05, 3.63) is 16.3 Å². The van der Waals surface area contributed by atoms with Gasteiger partial charge in [0, 0.05) is 24.0 Å². The van der Waals surface area contributed by atoms with Crippen LogP contribution in [0.25, 0.3) is 0 Å². The second kappa shape index (κ2) is 6.53. The molecular formula is C13H23N3O2S2. The van der Waals surface area contributed by atoms with E-state index >= 15 is 0 Å². The molecule has 1 aromatic rings. The Bertz CT molecular complexity index is 542. The van der Waals surface area contributed by atoms with E-state index < -0.39 is 10.0 Å². The van der Waals surface area contributed by atoms with Crippen molar-refractivity contribution >= 4 is 21.4 Å². The van der Waals surface area contributed by atoms with E-state index in [1.54, 1.807) is 6.07 Å². The minimum Gasteiger partial charge on any atom is -0.315 e. The highest BCUT2D eigenvalue weighted by Crippen LogP contribution is 2.24. The van der Waals surface area contributed by atoms with Gasteiger partial charge in [-0.25, -0.2) is 13.1 Å². The zero-order chi connectivity index (χ0) is 14.8. The lowest BCUT2D eigenvalue weighted by Gasteiger charge is -2.34. The molecule has 1 fully saturated rings. The smallest absolute Gasteiger partial charge is 0.241 e. The number of sulfonamides is 1. The van der Waals surface area contributed by atoms with Gasteiger partial charge in [-0.2, -0.15) is 0 Å². The molecule has 0 amide bonds. The van der Waals surface area contributed by atoms with E-state index in [4.69, 9.17) is 0 Å². The van der Waals surface area contributed by atoms with Crippen molar-refractivity contribution in [3.8, 4) is 0 Å². The molecule has 1 aliphatic heterocycles. The maximum absolute atomic E-state index is 12.5. The molecule has 0 aliphatic carbocycles. The molecule has 1 aromatic heterocycles. The number of rotatable bonds is 5. The van der Waals surface area contributed by atoms with Crippen LogP contribution in [0, 0.1) is 5.92 Å². The average molecular weight is 317 g/mol. The molecule has 114 valence electrons. The van der Waals surface area contributed by atoms with Crippen LogP contribution in [0.3, 0.4) is 0 Å². The van der Waals surface area contributed by atoms with Crippen LogP contribution >= 0.6 is 11.3 Å². The summed E-state index contributed by atoms with van der Waals surface area (Å²) in [5, 5.41) is 4.84. The fourth-order valence-electron chi connectivity index (χ4n) is 2.65. The Hall–Kier alpha value is -0.470. The molecule has 1 saturated heterocycles.